The molecule has 1 atom stereocenters. The average Bonchev–Trinajstić information content (AvgIpc) is 2.74. The first-order chi connectivity index (χ1) is 10.2. The fourth-order valence-corrected chi connectivity index (χ4v) is 2.53. The summed E-state index contributed by atoms with van der Waals surface area (Å²) in [4.78, 5) is 29.6. The van der Waals surface area contributed by atoms with Gasteiger partial charge < -0.3 is 5.73 Å². The van der Waals surface area contributed by atoms with Gasteiger partial charge in [0.25, 0.3) is 11.8 Å². The van der Waals surface area contributed by atoms with Crippen molar-refractivity contribution in [1.29, 1.82) is 0 Å². The summed E-state index contributed by atoms with van der Waals surface area (Å²) in [6.07, 6.45) is 3.99. The second-order valence-electron chi connectivity index (χ2n) is 5.09. The lowest BCUT2D eigenvalue weighted by Crippen LogP contribution is -2.41. The molecule has 2 heterocycles. The van der Waals surface area contributed by atoms with Gasteiger partial charge in [0.05, 0.1) is 11.1 Å². The maximum atomic E-state index is 12.2. The van der Waals surface area contributed by atoms with Crippen LogP contribution >= 0.6 is 0 Å². The summed E-state index contributed by atoms with van der Waals surface area (Å²) in [6.45, 7) is 0.217. The fourth-order valence-electron chi connectivity index (χ4n) is 2.53. The van der Waals surface area contributed by atoms with Gasteiger partial charge in [0.2, 0.25) is 0 Å². The molecule has 0 saturated heterocycles. The van der Waals surface area contributed by atoms with Crippen molar-refractivity contribution in [1.82, 2.24) is 9.88 Å². The molecule has 5 heteroatoms. The van der Waals surface area contributed by atoms with Crippen LogP contribution < -0.4 is 5.73 Å². The summed E-state index contributed by atoms with van der Waals surface area (Å²) in [5, 5.41) is 0. The summed E-state index contributed by atoms with van der Waals surface area (Å²) in [7, 11) is 0. The number of rotatable bonds is 4. The molecule has 1 aromatic heterocycles. The molecule has 2 aromatic rings. The van der Waals surface area contributed by atoms with Crippen LogP contribution in [0.3, 0.4) is 0 Å². The van der Waals surface area contributed by atoms with Gasteiger partial charge in [-0.2, -0.15) is 0 Å². The third kappa shape index (κ3) is 2.55. The molecule has 0 bridgehead atoms. The molecule has 2 amide bonds. The van der Waals surface area contributed by atoms with E-state index in [9.17, 15) is 9.59 Å². The molecule has 2 N–H and O–H groups in total. The van der Waals surface area contributed by atoms with E-state index in [2.05, 4.69) is 4.98 Å². The second-order valence-corrected chi connectivity index (χ2v) is 5.09. The van der Waals surface area contributed by atoms with Gasteiger partial charge in [-0.15, -0.1) is 0 Å². The smallest absolute Gasteiger partial charge is 0.261 e. The van der Waals surface area contributed by atoms with Crippen LogP contribution in [0.25, 0.3) is 0 Å². The Morgan fingerprint density at radius 1 is 1.00 bits per heavy atom. The van der Waals surface area contributed by atoms with Crippen molar-refractivity contribution in [3.8, 4) is 0 Å². The van der Waals surface area contributed by atoms with E-state index in [1.165, 1.54) is 4.90 Å². The number of carbonyl (C=O) groups is 2. The number of imide groups is 1. The Hall–Kier alpha value is -2.53. The monoisotopic (exact) mass is 281 g/mol. The third-order valence-corrected chi connectivity index (χ3v) is 3.54. The van der Waals surface area contributed by atoms with Crippen LogP contribution in [-0.4, -0.2) is 34.3 Å². The van der Waals surface area contributed by atoms with Gasteiger partial charge in [-0.05, 0) is 36.2 Å². The van der Waals surface area contributed by atoms with Crippen molar-refractivity contribution < 1.29 is 9.59 Å². The van der Waals surface area contributed by atoms with Crippen molar-refractivity contribution in [3.63, 3.8) is 0 Å². The van der Waals surface area contributed by atoms with Gasteiger partial charge >= 0.3 is 0 Å². The molecule has 0 unspecified atom stereocenters. The van der Waals surface area contributed by atoms with Crippen LogP contribution in [0.2, 0.25) is 0 Å². The number of pyridine rings is 1. The van der Waals surface area contributed by atoms with E-state index >= 15 is 0 Å². The summed E-state index contributed by atoms with van der Waals surface area (Å²) >= 11 is 0. The highest BCUT2D eigenvalue weighted by Crippen LogP contribution is 2.22. The van der Waals surface area contributed by atoms with E-state index in [0.717, 1.165) is 5.56 Å². The number of hydrogen-bond donors (Lipinski definition) is 1. The highest BCUT2D eigenvalue weighted by molar-refractivity contribution is 6.21. The molecule has 1 aliphatic heterocycles. The third-order valence-electron chi connectivity index (χ3n) is 3.54. The van der Waals surface area contributed by atoms with E-state index in [0.29, 0.717) is 17.5 Å². The Morgan fingerprint density at radius 3 is 2.14 bits per heavy atom. The first kappa shape index (κ1) is 13.5. The molecule has 106 valence electrons. The molecule has 0 fully saturated rings. The average molecular weight is 281 g/mol. The summed E-state index contributed by atoms with van der Waals surface area (Å²) < 4.78 is 0. The molecular formula is C16H15N3O2. The number of benzene rings is 1. The van der Waals surface area contributed by atoms with Crippen molar-refractivity contribution in [2.24, 2.45) is 5.73 Å². The molecule has 0 aliphatic carbocycles. The number of aromatic nitrogens is 1. The molecule has 1 aromatic carbocycles. The van der Waals surface area contributed by atoms with Gasteiger partial charge in [-0.1, -0.05) is 12.1 Å². The van der Waals surface area contributed by atoms with E-state index in [4.69, 9.17) is 5.73 Å². The van der Waals surface area contributed by atoms with Crippen LogP contribution in [-0.2, 0) is 6.42 Å². The van der Waals surface area contributed by atoms with Crippen molar-refractivity contribution >= 4 is 11.8 Å². The lowest BCUT2D eigenvalue weighted by atomic mass is 10.1. The maximum Gasteiger partial charge on any atom is 0.261 e. The van der Waals surface area contributed by atoms with Crippen LogP contribution in [0, 0.1) is 0 Å². The Bertz CT molecular complexity index is 650. The van der Waals surface area contributed by atoms with Crippen LogP contribution in [0.1, 0.15) is 26.3 Å². The van der Waals surface area contributed by atoms with E-state index in [1.807, 2.05) is 12.1 Å². The minimum atomic E-state index is -0.297. The van der Waals surface area contributed by atoms with Gasteiger partial charge in [0.15, 0.2) is 0 Å². The molecule has 0 spiro atoms. The first-order valence-corrected chi connectivity index (χ1v) is 6.76. The number of carbonyl (C=O) groups excluding carboxylic acids is 2. The zero-order chi connectivity index (χ0) is 14.8. The summed E-state index contributed by atoms with van der Waals surface area (Å²) in [6, 6.07) is 10.3. The molecule has 5 nitrogen and oxygen atoms in total. The molecule has 0 radical (unpaired) electrons. The lowest BCUT2D eigenvalue weighted by molar-refractivity contribution is 0.0644. The van der Waals surface area contributed by atoms with E-state index in [-0.39, 0.29) is 24.4 Å². The quantitative estimate of drug-likeness (QED) is 0.856. The Labute approximate surface area is 122 Å². The minimum Gasteiger partial charge on any atom is -0.326 e. The normalized spacial score (nSPS) is 15.2. The number of nitrogens with two attached hydrogens (primary N) is 1. The van der Waals surface area contributed by atoms with Crippen molar-refractivity contribution in [2.45, 2.75) is 12.5 Å². The lowest BCUT2D eigenvalue weighted by Gasteiger charge is -2.19. The summed E-state index contributed by atoms with van der Waals surface area (Å²) in [5.74, 6) is -0.526. The molecule has 21 heavy (non-hydrogen) atoms. The first-order valence-electron chi connectivity index (χ1n) is 6.76. The van der Waals surface area contributed by atoms with Gasteiger partial charge in [0, 0.05) is 25.0 Å². The Kier molecular flexibility index (Phi) is 3.50. The van der Waals surface area contributed by atoms with Crippen molar-refractivity contribution in [3.05, 3.63) is 65.5 Å². The minimum absolute atomic E-state index is 0.217. The van der Waals surface area contributed by atoms with Gasteiger partial charge in [0.1, 0.15) is 0 Å². The highest BCUT2D eigenvalue weighted by atomic mass is 16.2. The Balaban J connectivity index is 1.72. The zero-order valence-corrected chi connectivity index (χ0v) is 11.4. The number of fused-ring (bicyclic) bond motifs is 1. The predicted octanol–water partition coefficient (Wildman–Crippen LogP) is 1.25. The van der Waals surface area contributed by atoms with Crippen molar-refractivity contribution in [2.75, 3.05) is 6.54 Å². The molecule has 3 rings (SSSR count). The molecule has 1 aliphatic rings. The molecule has 0 saturated carbocycles. The van der Waals surface area contributed by atoms with Gasteiger partial charge in [-0.3, -0.25) is 19.5 Å². The maximum absolute atomic E-state index is 12.2. The number of amides is 2. The van der Waals surface area contributed by atoms with E-state index in [1.54, 1.807) is 36.7 Å². The number of nitrogens with zero attached hydrogens (tertiary/aromatic N) is 2. The van der Waals surface area contributed by atoms with Crippen LogP contribution in [0.15, 0.2) is 48.8 Å². The largest absolute Gasteiger partial charge is 0.326 e. The van der Waals surface area contributed by atoms with E-state index < -0.39 is 0 Å². The van der Waals surface area contributed by atoms with Gasteiger partial charge in [-0.25, -0.2) is 0 Å². The number of hydrogen-bond acceptors (Lipinski definition) is 4. The second kappa shape index (κ2) is 5.46. The fraction of sp³-hybridized carbons (Fsp3) is 0.188. The molecular weight excluding hydrogens is 266 g/mol. The highest BCUT2D eigenvalue weighted by Gasteiger charge is 2.35. The summed E-state index contributed by atoms with van der Waals surface area (Å²) in [5.41, 5.74) is 8.03. The topological polar surface area (TPSA) is 76.3 Å². The zero-order valence-electron chi connectivity index (χ0n) is 11.4. The SMILES string of the molecule is N[C@@H](Cc1ccncc1)CN1C(=O)c2ccccc2C1=O. The predicted molar refractivity (Wildman–Crippen MR) is 77.7 cm³/mol. The van der Waals surface area contributed by atoms with Crippen LogP contribution in [0.4, 0.5) is 0 Å². The Morgan fingerprint density at radius 2 is 1.57 bits per heavy atom. The van der Waals surface area contributed by atoms with Crippen LogP contribution in [0.5, 0.6) is 0 Å². The standard InChI is InChI=1S/C16H15N3O2/c17-12(9-11-5-7-18-8-6-11)10-19-15(20)13-3-1-2-4-14(13)16(19)21/h1-8,12H,9-10,17H2/t12-/m0/s1.